The lowest BCUT2D eigenvalue weighted by Crippen LogP contribution is -2.13. The minimum atomic E-state index is -0.729. The normalized spacial score (nSPS) is 8.57. The Balaban J connectivity index is 0.00000194. The zero-order valence-corrected chi connectivity index (χ0v) is 145. The average Bonchev–Trinajstić information content (AvgIpc) is 0.876. The molecule has 0 atom stereocenters. The van der Waals surface area contributed by atoms with E-state index in [0.717, 1.165) is 70.4 Å². The average molecular weight is 3780 g/mol. The molecule has 107 heteroatoms. The van der Waals surface area contributed by atoms with Gasteiger partial charge in [0.05, 0.1) is 27.4 Å². The van der Waals surface area contributed by atoms with Gasteiger partial charge in [0.25, 0.3) is 0 Å². The highest BCUT2D eigenvalue weighted by Crippen LogP contribution is 2.20. The van der Waals surface area contributed by atoms with E-state index in [2.05, 4.69) is 57.1 Å². The molecule has 0 spiro atoms. The molecule has 2 aromatic carbocycles. The number of carbonyl (C=O) groups excluding carboxylic acids is 1. The fraction of sp³-hybridized carbons (Fsp3) is 0.389. The Bertz CT molecular complexity index is 9230. The Labute approximate surface area is 1110 Å². The number of amides is 1. The number of aryl methyl sites for hydroxylation is 2. The van der Waals surface area contributed by atoms with Crippen LogP contribution in [0.2, 0.25) is 0 Å². The van der Waals surface area contributed by atoms with E-state index in [1.54, 1.807) is 225 Å². The van der Waals surface area contributed by atoms with Gasteiger partial charge >= 0.3 is 18.0 Å². The molecule has 0 aliphatic heterocycles. The van der Waals surface area contributed by atoms with Gasteiger partial charge in [-0.2, -0.15) is 9.97 Å². The predicted molar refractivity (Wildman–Crippen MR) is 881 cm³/mol. The lowest BCUT2D eigenvalue weighted by molar-refractivity contribution is -0.137. The summed E-state index contributed by atoms with van der Waals surface area (Å²) in [6, 6.07) is 19.4. The van der Waals surface area contributed by atoms with Crippen molar-refractivity contribution in [2.24, 2.45) is 0 Å². The van der Waals surface area contributed by atoms with Crippen molar-refractivity contribution in [2.75, 3.05) is 38.5 Å². The van der Waals surface area contributed by atoms with Crippen LogP contribution < -0.4 is 30.0 Å². The van der Waals surface area contributed by atoms with E-state index >= 15 is 0 Å². The number of halogens is 2. The fourth-order valence-corrected chi connectivity index (χ4v) is 236. The van der Waals surface area contributed by atoms with Crippen LogP contribution in [0.1, 0.15) is 62.8 Å². The fourth-order valence-electron chi connectivity index (χ4n) is 5.12. The SMILES string of the molecule is COc1nc(C)cc(N)n1.COc1nc(C)cc(NC(=O)CCCCCOc2cccc(Br)c2)n1.O=C(O)CCCCCOc1cccc(Br)c1.S=S=S=S=S=S=S=S=S=S=S=S=S=S=S=S=S=S=S=S=S=S=S=S=S=S=S=S=S=S=S=S=S=S=S=S=S=S.S=S=S=S=S=S=S=S=S=S=S=S=S=S=S=S=S=S=S=S=S=S=S=S=S=S=S=S=S=S=S=S=S=S=S=S=S=S=S=S=S=S=S=S=S=S=S=S=S=S=S=S=S=S. The number of aliphatic carboxylic acids is 1. The van der Waals surface area contributed by atoms with Crippen LogP contribution >= 0.6 is 31.9 Å². The third kappa shape index (κ3) is 130. The molecule has 4 N–H and O–H groups in total. The molecule has 143 heavy (non-hydrogen) atoms. The highest BCUT2D eigenvalue weighted by molar-refractivity contribution is 9.11. The first kappa shape index (κ1) is 159. The molecule has 828 valence electrons. The number of rotatable bonds is 17. The quantitative estimate of drug-likeness (QED) is 0.0873. The number of nitrogen functional groups attached to an aromatic ring is 1. The zero-order valence-electron chi connectivity index (χ0n) is 66.9. The van der Waals surface area contributed by atoms with Crippen LogP contribution in [0.4, 0.5) is 11.6 Å². The van der Waals surface area contributed by atoms with Crippen molar-refractivity contribution in [3.05, 3.63) is 81.0 Å². The van der Waals surface area contributed by atoms with Gasteiger partial charge < -0.3 is 35.1 Å². The van der Waals surface area contributed by atoms with Crippen molar-refractivity contribution in [1.29, 1.82) is 0 Å². The maximum atomic E-state index is 12.0. The van der Waals surface area contributed by atoms with Crippen molar-refractivity contribution in [3.63, 3.8) is 0 Å². The van der Waals surface area contributed by atoms with Gasteiger partial charge in [-0.25, -0.2) is 9.97 Å². The van der Waals surface area contributed by atoms with Gasteiger partial charge in [0.15, 0.2) is 0 Å². The number of benzene rings is 2. The van der Waals surface area contributed by atoms with Gasteiger partial charge in [0.2, 0.25) is 5.91 Å². The van der Waals surface area contributed by atoms with Gasteiger partial charge in [-0.05, 0) is 88.8 Å². The number of methoxy groups -OCH3 is 2. The van der Waals surface area contributed by atoms with Crippen molar-refractivity contribution >= 4 is 882 Å². The second-order valence-corrected chi connectivity index (χ2v) is 174. The zero-order chi connectivity index (χ0) is 104. The molecule has 0 saturated heterocycles. The molecule has 0 aliphatic carbocycles. The Morgan fingerprint density at radius 2 is 0.490 bits per heavy atom. The van der Waals surface area contributed by atoms with E-state index in [9.17, 15) is 9.59 Å². The van der Waals surface area contributed by atoms with Crippen molar-refractivity contribution < 1.29 is 33.6 Å². The lowest BCUT2D eigenvalue weighted by atomic mass is 10.2. The second-order valence-electron chi connectivity index (χ2n) is 17.0. The summed E-state index contributed by atoms with van der Waals surface area (Å²) in [7, 11) is 160. The number of nitrogens with zero attached hydrogens (tertiary/aromatic N) is 4. The summed E-state index contributed by atoms with van der Waals surface area (Å²) in [6.45, 7) is 4.93. The number of hydrogen-bond acceptors (Lipinski definition) is 15. The summed E-state index contributed by atoms with van der Waals surface area (Å²) in [6.07, 6.45) is 5.82. The maximum absolute atomic E-state index is 12.0. The number of anilines is 2. The standard InChI is InChI=1S/C18H22BrN3O3.C12H15BrO3.C6H9N3O.S54.S38/c1-13-11-16(22-18(20-13)24-2)21-17(23)9-4-3-5-10-25-15-8-6-7-14(19)12-15;13-10-5-4-6-11(9-10)16-8-3-1-2-7-12(14)15;1-4-3-5(7)9-6(8-4)10-2;1-3-5-7-9-11-13-15-17-19-21-23-25-27-29-31-33-35-37-39-41-43-45-47-49-51-53-54-52-50-48-46-44-42-40-38-36-34-32-30-28-26-24-22-20-18-16-14-12-10-8-6-4-2;1-3-5-7-9-11-13-15-17-19-21-23-25-27-29-31-33-35-37-38-36-34-32-30-28-26-24-22-20-18-16-14-12-10-8-6-4-2/h6-8,11-12H,3-5,9-10H2,1-2H3,(H,20,21,22,23);4-6,9H,1-3,7-8H2,(H,14,15);3H,1-2H3,(H2,7,8,9);;. The van der Waals surface area contributed by atoms with Gasteiger partial charge in [0.1, 0.15) is 23.1 Å². The molecule has 4 rings (SSSR count). The minimum absolute atomic E-state index is 0.0620. The number of ether oxygens (including phenoxy) is 4. The van der Waals surface area contributed by atoms with Gasteiger partial charge in [-0.1, -0.05) is 44.0 Å². The van der Waals surface area contributed by atoms with Crippen LogP contribution in [0.25, 0.3) is 0 Å². The molecule has 0 fully saturated rings. The highest BCUT2D eigenvalue weighted by atomic mass is 79.9. The lowest BCUT2D eigenvalue weighted by Gasteiger charge is -2.08. The Morgan fingerprint density at radius 1 is 0.287 bits per heavy atom. The van der Waals surface area contributed by atoms with Crippen LogP contribution in [0.5, 0.6) is 23.5 Å². The number of carboxylic acid groups (broad SMARTS) is 1. The molecule has 13 nitrogen and oxygen atoms in total. The minimum Gasteiger partial charge on any atom is -0.494 e. The summed E-state index contributed by atoms with van der Waals surface area (Å²) in [5.41, 5.74) is 6.96. The summed E-state index contributed by atoms with van der Waals surface area (Å²) < 4.78 is 22.9. The van der Waals surface area contributed by atoms with Gasteiger partial charge in [0, 0.05) is 872 Å². The predicted octanol–water partition coefficient (Wildman–Crippen LogP) is 7.76. The number of hydrogen-bond donors (Lipinski definition) is 3. The maximum Gasteiger partial charge on any atom is 0.318 e. The van der Waals surface area contributed by atoms with Gasteiger partial charge in [-0.15, -0.1) is 0 Å². The van der Waals surface area contributed by atoms with Crippen LogP contribution in [0.15, 0.2) is 69.6 Å². The van der Waals surface area contributed by atoms with E-state index in [1.807, 2.05) is 595 Å². The van der Waals surface area contributed by atoms with Crippen LogP contribution in [0, 0.1) is 13.8 Å². The molecule has 2 aromatic heterocycles. The Hall–Kier alpha value is 15.7. The molecule has 0 radical (unpaired) electrons. The van der Waals surface area contributed by atoms with E-state index < -0.39 is 5.97 Å². The molecular formula is C36H46Br2N6O7S92. The molecular weight excluding hydrogens is 3740 g/mol. The Morgan fingerprint density at radius 3 is 0.685 bits per heavy atom. The van der Waals surface area contributed by atoms with E-state index in [1.165, 1.54) is 49.7 Å². The first-order valence-corrected chi connectivity index (χ1v) is 153. The largest absolute Gasteiger partial charge is 0.494 e. The van der Waals surface area contributed by atoms with Crippen LogP contribution in [0.3, 0.4) is 0 Å². The number of nitrogens with two attached hydrogens (primary N) is 1. The van der Waals surface area contributed by atoms with Gasteiger partial charge in [-0.3, -0.25) is 9.59 Å². The molecule has 1 amide bonds. The summed E-state index contributed by atoms with van der Waals surface area (Å²) in [5.74, 6) is 1.80. The van der Waals surface area contributed by atoms with E-state index in [0.29, 0.717) is 37.3 Å². The molecule has 2 heterocycles. The summed E-state index contributed by atoms with van der Waals surface area (Å²) >= 11 is 26.0. The number of unbranched alkanes of at least 4 members (excludes halogenated alkanes) is 4. The van der Waals surface area contributed by atoms with E-state index in [4.69, 9.17) is 74.5 Å². The second kappa shape index (κ2) is 136. The van der Waals surface area contributed by atoms with Crippen molar-refractivity contribution in [2.45, 2.75) is 65.2 Å². The number of nitrogens with one attached hydrogen (secondary N) is 1. The molecule has 0 bridgehead atoms. The third-order valence-corrected chi connectivity index (χ3v) is 201. The van der Waals surface area contributed by atoms with Crippen LogP contribution in [-0.2, 0) is 836 Å². The molecule has 4 aromatic rings. The topological polar surface area (TPSA) is 181 Å². The highest BCUT2D eigenvalue weighted by Gasteiger charge is 2.07. The smallest absolute Gasteiger partial charge is 0.318 e. The molecule has 0 saturated carbocycles. The monoisotopic (exact) mass is 3770 g/mol. The van der Waals surface area contributed by atoms with Crippen molar-refractivity contribution in [3.8, 4) is 23.5 Å². The molecule has 0 aliphatic rings. The van der Waals surface area contributed by atoms with Crippen LogP contribution in [-0.4, -0.2) is 64.4 Å². The van der Waals surface area contributed by atoms with Crippen molar-refractivity contribution in [1.82, 2.24) is 19.9 Å². The molecule has 0 unspecified atom stereocenters. The third-order valence-electron chi connectivity index (χ3n) is 8.92. The summed E-state index contributed by atoms with van der Waals surface area (Å²) in [4.78, 5) is 38.1. The first-order chi connectivity index (χ1) is 70.3. The van der Waals surface area contributed by atoms with E-state index in [-0.39, 0.29) is 18.3 Å². The Kier molecular flexibility index (Phi) is 151. The number of carboxylic acids is 1. The first-order valence-electron chi connectivity index (χ1n) is 31.3. The number of aromatic nitrogens is 4. The number of carbonyl (C=O) groups is 2. The summed E-state index contributed by atoms with van der Waals surface area (Å²) in [5, 5.41) is 11.2.